The number of halogens is 2. The maximum Gasteiger partial charge on any atom is 0.349 e. The minimum atomic E-state index is -1.14. The number of esters is 1. The smallest absolute Gasteiger partial charge is 0.349 e. The lowest BCUT2D eigenvalue weighted by atomic mass is 10.2. The Hall–Kier alpha value is -2.28. The lowest BCUT2D eigenvalue weighted by Gasteiger charge is -2.13. The lowest BCUT2D eigenvalue weighted by molar-refractivity contribution is -0.123. The van der Waals surface area contributed by atoms with E-state index in [0.717, 1.165) is 18.2 Å². The number of nitrogens with one attached hydrogen (secondary N) is 1. The summed E-state index contributed by atoms with van der Waals surface area (Å²) >= 11 is 1.18. The molecule has 1 aromatic carbocycles. The normalized spacial score (nSPS) is 11.8. The van der Waals surface area contributed by atoms with Gasteiger partial charge in [-0.3, -0.25) is 4.79 Å². The highest BCUT2D eigenvalue weighted by molar-refractivity contribution is 7.11. The molecule has 4 nitrogen and oxygen atoms in total. The molecule has 1 amide bonds. The van der Waals surface area contributed by atoms with Gasteiger partial charge in [0.1, 0.15) is 16.5 Å². The van der Waals surface area contributed by atoms with Crippen LogP contribution in [0.15, 0.2) is 35.7 Å². The van der Waals surface area contributed by atoms with Crippen LogP contribution in [0.1, 0.15) is 16.6 Å². The van der Waals surface area contributed by atoms with E-state index in [1.54, 1.807) is 17.5 Å². The third kappa shape index (κ3) is 3.85. The van der Waals surface area contributed by atoms with Crippen LogP contribution in [0.5, 0.6) is 0 Å². The number of amides is 1. The minimum Gasteiger partial charge on any atom is -0.448 e. The molecular formula is C14H11F2NO3S. The van der Waals surface area contributed by atoms with Gasteiger partial charge in [0.2, 0.25) is 0 Å². The Morgan fingerprint density at radius 3 is 2.71 bits per heavy atom. The van der Waals surface area contributed by atoms with E-state index in [0.29, 0.717) is 4.88 Å². The number of benzene rings is 1. The van der Waals surface area contributed by atoms with Gasteiger partial charge in [-0.15, -0.1) is 11.3 Å². The summed E-state index contributed by atoms with van der Waals surface area (Å²) in [5.74, 6) is -2.85. The summed E-state index contributed by atoms with van der Waals surface area (Å²) in [5, 5.41) is 3.87. The summed E-state index contributed by atoms with van der Waals surface area (Å²) < 4.78 is 31.3. The molecule has 21 heavy (non-hydrogen) atoms. The van der Waals surface area contributed by atoms with Crippen LogP contribution in [-0.4, -0.2) is 18.0 Å². The third-order valence-corrected chi connectivity index (χ3v) is 3.41. The summed E-state index contributed by atoms with van der Waals surface area (Å²) in [6.07, 6.45) is -1.14. The zero-order chi connectivity index (χ0) is 15.4. The first-order valence-corrected chi connectivity index (χ1v) is 6.85. The molecule has 0 radical (unpaired) electrons. The standard InChI is InChI=1S/C14H11F2NO3S/c1-8(20-14(19)12-3-2-6-21-12)13(18)17-11-7-9(15)4-5-10(11)16/h2-8H,1H3,(H,17,18). The molecule has 1 heterocycles. The van der Waals surface area contributed by atoms with Gasteiger partial charge < -0.3 is 10.1 Å². The van der Waals surface area contributed by atoms with Crippen LogP contribution in [0.2, 0.25) is 0 Å². The van der Waals surface area contributed by atoms with Crippen LogP contribution in [0.3, 0.4) is 0 Å². The van der Waals surface area contributed by atoms with Crippen molar-refractivity contribution in [1.29, 1.82) is 0 Å². The molecule has 0 aliphatic heterocycles. The second kappa shape index (κ2) is 6.45. The van der Waals surface area contributed by atoms with Crippen molar-refractivity contribution in [2.24, 2.45) is 0 Å². The molecule has 2 rings (SSSR count). The summed E-state index contributed by atoms with van der Waals surface area (Å²) in [6, 6.07) is 5.91. The molecule has 110 valence electrons. The molecule has 0 bridgehead atoms. The lowest BCUT2D eigenvalue weighted by Crippen LogP contribution is -2.30. The number of carbonyl (C=O) groups is 2. The van der Waals surface area contributed by atoms with Gasteiger partial charge in [-0.2, -0.15) is 0 Å². The molecule has 0 aliphatic carbocycles. The van der Waals surface area contributed by atoms with Crippen molar-refractivity contribution in [2.75, 3.05) is 5.32 Å². The van der Waals surface area contributed by atoms with Crippen LogP contribution in [0.4, 0.5) is 14.5 Å². The molecule has 0 fully saturated rings. The van der Waals surface area contributed by atoms with Crippen LogP contribution >= 0.6 is 11.3 Å². The molecule has 0 spiro atoms. The first kappa shape index (κ1) is 15.1. The molecule has 1 aromatic heterocycles. The number of thiophene rings is 1. The van der Waals surface area contributed by atoms with E-state index < -0.39 is 29.6 Å². The van der Waals surface area contributed by atoms with Crippen molar-refractivity contribution in [2.45, 2.75) is 13.0 Å². The fraction of sp³-hybridized carbons (Fsp3) is 0.143. The van der Waals surface area contributed by atoms with Crippen LogP contribution in [0, 0.1) is 11.6 Å². The topological polar surface area (TPSA) is 55.4 Å². The Morgan fingerprint density at radius 2 is 2.05 bits per heavy atom. The second-order valence-corrected chi connectivity index (χ2v) is 5.09. The van der Waals surface area contributed by atoms with E-state index in [1.165, 1.54) is 18.3 Å². The summed E-state index contributed by atoms with van der Waals surface area (Å²) in [7, 11) is 0. The molecular weight excluding hydrogens is 300 g/mol. The highest BCUT2D eigenvalue weighted by Crippen LogP contribution is 2.16. The number of ether oxygens (including phenoxy) is 1. The molecule has 2 aromatic rings. The van der Waals surface area contributed by atoms with Crippen molar-refractivity contribution in [3.63, 3.8) is 0 Å². The Labute approximate surface area is 123 Å². The van der Waals surface area contributed by atoms with Crippen LogP contribution in [-0.2, 0) is 9.53 Å². The van der Waals surface area contributed by atoms with Gasteiger partial charge in [-0.1, -0.05) is 6.07 Å². The van der Waals surface area contributed by atoms with Crippen LogP contribution < -0.4 is 5.32 Å². The third-order valence-electron chi connectivity index (χ3n) is 2.56. The van der Waals surface area contributed by atoms with E-state index in [9.17, 15) is 18.4 Å². The largest absolute Gasteiger partial charge is 0.448 e. The van der Waals surface area contributed by atoms with Crippen LogP contribution in [0.25, 0.3) is 0 Å². The molecule has 0 saturated heterocycles. The van der Waals surface area contributed by atoms with Crippen molar-refractivity contribution in [3.05, 3.63) is 52.2 Å². The average molecular weight is 311 g/mol. The van der Waals surface area contributed by atoms with Gasteiger partial charge >= 0.3 is 5.97 Å². The number of hydrogen-bond acceptors (Lipinski definition) is 4. The predicted molar refractivity (Wildman–Crippen MR) is 74.2 cm³/mol. The van der Waals surface area contributed by atoms with Gasteiger partial charge in [-0.25, -0.2) is 13.6 Å². The van der Waals surface area contributed by atoms with Gasteiger partial charge in [0.05, 0.1) is 5.69 Å². The monoisotopic (exact) mass is 311 g/mol. The van der Waals surface area contributed by atoms with Gasteiger partial charge in [0, 0.05) is 6.07 Å². The average Bonchev–Trinajstić information content (AvgIpc) is 2.97. The molecule has 0 aliphatic rings. The first-order valence-electron chi connectivity index (χ1n) is 5.98. The van der Waals surface area contributed by atoms with Crippen molar-refractivity contribution >= 4 is 28.9 Å². The summed E-state index contributed by atoms with van der Waals surface area (Å²) in [5.41, 5.74) is -0.306. The molecule has 0 saturated carbocycles. The Kier molecular flexibility index (Phi) is 4.64. The fourth-order valence-corrected chi connectivity index (χ4v) is 2.10. The van der Waals surface area contributed by atoms with Crippen molar-refractivity contribution in [3.8, 4) is 0 Å². The Morgan fingerprint density at radius 1 is 1.29 bits per heavy atom. The number of rotatable bonds is 4. The second-order valence-electron chi connectivity index (χ2n) is 4.14. The van der Waals surface area contributed by atoms with E-state index in [-0.39, 0.29) is 5.69 Å². The number of hydrogen-bond donors (Lipinski definition) is 1. The first-order chi connectivity index (χ1) is 9.97. The number of carbonyl (C=O) groups excluding carboxylic acids is 2. The van der Waals surface area contributed by atoms with Crippen molar-refractivity contribution in [1.82, 2.24) is 0 Å². The quantitative estimate of drug-likeness (QED) is 0.882. The predicted octanol–water partition coefficient (Wildman–Crippen LogP) is 3.21. The van der Waals surface area contributed by atoms with E-state index in [2.05, 4.69) is 5.32 Å². The highest BCUT2D eigenvalue weighted by Gasteiger charge is 2.20. The summed E-state index contributed by atoms with van der Waals surface area (Å²) in [4.78, 5) is 23.8. The van der Waals surface area contributed by atoms with Gasteiger partial charge in [-0.05, 0) is 30.5 Å². The van der Waals surface area contributed by atoms with Gasteiger partial charge in [0.25, 0.3) is 5.91 Å². The number of anilines is 1. The minimum absolute atomic E-state index is 0.306. The fourth-order valence-electron chi connectivity index (χ4n) is 1.49. The Balaban J connectivity index is 1.99. The zero-order valence-corrected chi connectivity index (χ0v) is 11.7. The van der Waals surface area contributed by atoms with E-state index in [4.69, 9.17) is 4.74 Å². The van der Waals surface area contributed by atoms with Gasteiger partial charge in [0.15, 0.2) is 6.10 Å². The maximum absolute atomic E-state index is 13.4. The zero-order valence-electron chi connectivity index (χ0n) is 10.9. The highest BCUT2D eigenvalue weighted by atomic mass is 32.1. The molecule has 7 heteroatoms. The SMILES string of the molecule is CC(OC(=O)c1cccs1)C(=O)Nc1cc(F)ccc1F. The molecule has 1 unspecified atom stereocenters. The van der Waals surface area contributed by atoms with E-state index in [1.807, 2.05) is 0 Å². The summed E-state index contributed by atoms with van der Waals surface area (Å²) in [6.45, 7) is 1.35. The molecule has 1 atom stereocenters. The van der Waals surface area contributed by atoms with Crippen molar-refractivity contribution < 1.29 is 23.1 Å². The molecule has 1 N–H and O–H groups in total. The Bertz CT molecular complexity index is 658. The van der Waals surface area contributed by atoms with E-state index >= 15 is 0 Å². The maximum atomic E-state index is 13.4.